The van der Waals surface area contributed by atoms with E-state index in [4.69, 9.17) is 9.47 Å². The SMILES string of the molecule is Cc1ccc(C(=O)O)cc1S(=O)(=O)N(Cc1cccs1)c1ccc2c(c1)OCCO2. The third-order valence-electron chi connectivity index (χ3n) is 4.70. The molecule has 0 aliphatic carbocycles. The number of benzene rings is 2. The van der Waals surface area contributed by atoms with E-state index >= 15 is 0 Å². The van der Waals surface area contributed by atoms with E-state index in [-0.39, 0.29) is 17.0 Å². The van der Waals surface area contributed by atoms with Gasteiger partial charge in [-0.2, -0.15) is 0 Å². The van der Waals surface area contributed by atoms with Crippen LogP contribution in [0.5, 0.6) is 11.5 Å². The molecule has 4 rings (SSSR count). The van der Waals surface area contributed by atoms with Gasteiger partial charge in [0, 0.05) is 10.9 Å². The summed E-state index contributed by atoms with van der Waals surface area (Å²) in [6.45, 7) is 2.57. The van der Waals surface area contributed by atoms with Crippen LogP contribution in [0.3, 0.4) is 0 Å². The second-order valence-corrected chi connectivity index (χ2v) is 9.57. The number of rotatable bonds is 6. The smallest absolute Gasteiger partial charge is 0.335 e. The lowest BCUT2D eigenvalue weighted by atomic mass is 10.1. The first-order valence-corrected chi connectivity index (χ1v) is 11.5. The first kappa shape index (κ1) is 20.2. The fraction of sp³-hybridized carbons (Fsp3) is 0.190. The van der Waals surface area contributed by atoms with Crippen LogP contribution in [0.1, 0.15) is 20.8 Å². The number of nitrogens with zero attached hydrogens (tertiary/aromatic N) is 1. The van der Waals surface area contributed by atoms with Gasteiger partial charge in [-0.15, -0.1) is 11.3 Å². The second kappa shape index (κ2) is 8.00. The summed E-state index contributed by atoms with van der Waals surface area (Å²) in [6.07, 6.45) is 0. The molecule has 0 amide bonds. The van der Waals surface area contributed by atoms with E-state index in [9.17, 15) is 18.3 Å². The van der Waals surface area contributed by atoms with Crippen molar-refractivity contribution < 1.29 is 27.8 Å². The second-order valence-electron chi connectivity index (χ2n) is 6.70. The highest BCUT2D eigenvalue weighted by atomic mass is 32.2. The molecule has 0 radical (unpaired) electrons. The number of fused-ring (bicyclic) bond motifs is 1. The predicted molar refractivity (Wildman–Crippen MR) is 113 cm³/mol. The van der Waals surface area contributed by atoms with Gasteiger partial charge >= 0.3 is 5.97 Å². The van der Waals surface area contributed by atoms with Crippen LogP contribution in [0, 0.1) is 6.92 Å². The summed E-state index contributed by atoms with van der Waals surface area (Å²) in [4.78, 5) is 12.2. The summed E-state index contributed by atoms with van der Waals surface area (Å²) in [6, 6.07) is 12.8. The number of carboxylic acids is 1. The van der Waals surface area contributed by atoms with E-state index in [2.05, 4.69) is 0 Å². The normalized spacial score (nSPS) is 13.1. The molecule has 3 aromatic rings. The van der Waals surface area contributed by atoms with Gasteiger partial charge in [0.1, 0.15) is 13.2 Å². The fourth-order valence-corrected chi connectivity index (χ4v) is 5.64. The van der Waals surface area contributed by atoms with Gasteiger partial charge in [-0.25, -0.2) is 13.2 Å². The number of thiophene rings is 1. The molecule has 156 valence electrons. The highest BCUT2D eigenvalue weighted by molar-refractivity contribution is 7.92. The Balaban J connectivity index is 1.84. The van der Waals surface area contributed by atoms with Crippen LogP contribution < -0.4 is 13.8 Å². The van der Waals surface area contributed by atoms with E-state index < -0.39 is 16.0 Å². The zero-order valence-electron chi connectivity index (χ0n) is 16.1. The molecular formula is C21H19NO6S2. The molecular weight excluding hydrogens is 426 g/mol. The number of hydrogen-bond acceptors (Lipinski definition) is 6. The molecule has 0 unspecified atom stereocenters. The first-order valence-electron chi connectivity index (χ1n) is 9.15. The van der Waals surface area contributed by atoms with Crippen molar-refractivity contribution >= 4 is 33.0 Å². The van der Waals surface area contributed by atoms with E-state index in [0.717, 1.165) is 4.88 Å². The number of carboxylic acid groups (broad SMARTS) is 1. The van der Waals surface area contributed by atoms with Gasteiger partial charge in [-0.1, -0.05) is 12.1 Å². The Morgan fingerprint density at radius 1 is 1.10 bits per heavy atom. The van der Waals surface area contributed by atoms with Crippen molar-refractivity contribution in [1.82, 2.24) is 0 Å². The largest absolute Gasteiger partial charge is 0.486 e. The number of carbonyl (C=O) groups is 1. The van der Waals surface area contributed by atoms with Crippen molar-refractivity contribution in [2.75, 3.05) is 17.5 Å². The molecule has 1 aromatic heterocycles. The average Bonchev–Trinajstić information content (AvgIpc) is 3.25. The molecule has 0 saturated heterocycles. The lowest BCUT2D eigenvalue weighted by Gasteiger charge is -2.27. The number of sulfonamides is 1. The fourth-order valence-electron chi connectivity index (χ4n) is 3.18. The molecule has 9 heteroatoms. The highest BCUT2D eigenvalue weighted by Gasteiger charge is 2.29. The van der Waals surface area contributed by atoms with Crippen molar-refractivity contribution in [3.63, 3.8) is 0 Å². The maximum atomic E-state index is 13.7. The Morgan fingerprint density at radius 2 is 1.87 bits per heavy atom. The zero-order valence-corrected chi connectivity index (χ0v) is 17.7. The van der Waals surface area contributed by atoms with E-state index in [1.807, 2.05) is 17.5 Å². The first-order chi connectivity index (χ1) is 14.4. The number of hydrogen-bond donors (Lipinski definition) is 1. The van der Waals surface area contributed by atoms with Gasteiger partial charge in [0.05, 0.1) is 22.7 Å². The Labute approximate surface area is 178 Å². The van der Waals surface area contributed by atoms with Crippen LogP contribution in [-0.4, -0.2) is 32.7 Å². The van der Waals surface area contributed by atoms with Crippen molar-refractivity contribution in [1.29, 1.82) is 0 Å². The number of ether oxygens (including phenoxy) is 2. The lowest BCUT2D eigenvalue weighted by molar-refractivity contribution is 0.0696. The molecule has 0 spiro atoms. The van der Waals surface area contributed by atoms with Crippen molar-refractivity contribution in [3.8, 4) is 11.5 Å². The third kappa shape index (κ3) is 3.86. The van der Waals surface area contributed by atoms with Crippen molar-refractivity contribution in [2.24, 2.45) is 0 Å². The molecule has 30 heavy (non-hydrogen) atoms. The molecule has 0 bridgehead atoms. The van der Waals surface area contributed by atoms with Gasteiger partial charge in [-0.05, 0) is 48.2 Å². The van der Waals surface area contributed by atoms with E-state index in [0.29, 0.717) is 36.0 Å². The van der Waals surface area contributed by atoms with Crippen molar-refractivity contribution in [3.05, 3.63) is 69.9 Å². The van der Waals surface area contributed by atoms with Crippen LogP contribution in [0.4, 0.5) is 5.69 Å². The topological polar surface area (TPSA) is 93.1 Å². The molecule has 7 nitrogen and oxygen atoms in total. The molecule has 2 heterocycles. The monoisotopic (exact) mass is 445 g/mol. The van der Waals surface area contributed by atoms with E-state index in [1.54, 1.807) is 25.1 Å². The molecule has 1 aliphatic heterocycles. The minimum atomic E-state index is -4.06. The summed E-state index contributed by atoms with van der Waals surface area (Å²) in [7, 11) is -4.06. The summed E-state index contributed by atoms with van der Waals surface area (Å²) in [5.74, 6) is -0.153. The van der Waals surface area contributed by atoms with Gasteiger partial charge in [-0.3, -0.25) is 4.31 Å². The molecule has 0 saturated carbocycles. The van der Waals surface area contributed by atoms with Crippen LogP contribution in [0.15, 0.2) is 58.8 Å². The molecule has 0 atom stereocenters. The quantitative estimate of drug-likeness (QED) is 0.618. The predicted octanol–water partition coefficient (Wildman–Crippen LogP) is 3.92. The maximum absolute atomic E-state index is 13.7. The third-order valence-corrected chi connectivity index (χ3v) is 7.47. The van der Waals surface area contributed by atoms with Crippen molar-refractivity contribution in [2.45, 2.75) is 18.4 Å². The summed E-state index contributed by atoms with van der Waals surface area (Å²) < 4.78 is 39.8. The summed E-state index contributed by atoms with van der Waals surface area (Å²) >= 11 is 1.44. The average molecular weight is 446 g/mol. The summed E-state index contributed by atoms with van der Waals surface area (Å²) in [5, 5.41) is 11.2. The van der Waals surface area contributed by atoms with Gasteiger partial charge in [0.25, 0.3) is 10.0 Å². The molecule has 2 aromatic carbocycles. The number of anilines is 1. The molecule has 1 aliphatic rings. The van der Waals surface area contributed by atoms with Crippen LogP contribution in [-0.2, 0) is 16.6 Å². The highest BCUT2D eigenvalue weighted by Crippen LogP contribution is 2.37. The lowest BCUT2D eigenvalue weighted by Crippen LogP contribution is -2.31. The van der Waals surface area contributed by atoms with Gasteiger partial charge < -0.3 is 14.6 Å². The van der Waals surface area contributed by atoms with Crippen LogP contribution >= 0.6 is 11.3 Å². The van der Waals surface area contributed by atoms with Gasteiger partial charge in [0.2, 0.25) is 0 Å². The Hall–Kier alpha value is -3.04. The zero-order chi connectivity index (χ0) is 21.3. The van der Waals surface area contributed by atoms with Gasteiger partial charge in [0.15, 0.2) is 11.5 Å². The number of aromatic carboxylic acids is 1. The molecule has 1 N–H and O–H groups in total. The maximum Gasteiger partial charge on any atom is 0.335 e. The Bertz CT molecular complexity index is 1190. The van der Waals surface area contributed by atoms with Crippen LogP contribution in [0.25, 0.3) is 0 Å². The summed E-state index contributed by atoms with van der Waals surface area (Å²) in [5.41, 5.74) is 0.791. The minimum Gasteiger partial charge on any atom is -0.486 e. The standard InChI is InChI=1S/C21H19NO6S2/c1-14-4-5-15(21(23)24)11-20(14)30(25,26)22(13-17-3-2-10-29-17)16-6-7-18-19(12-16)28-9-8-27-18/h2-7,10-12H,8-9,13H2,1H3,(H,23,24). The number of aryl methyl sites for hydroxylation is 1. The minimum absolute atomic E-state index is 0.0474. The van der Waals surface area contributed by atoms with Crippen LogP contribution in [0.2, 0.25) is 0 Å². The Kier molecular flexibility index (Phi) is 5.40. The Morgan fingerprint density at radius 3 is 2.57 bits per heavy atom. The van der Waals surface area contributed by atoms with E-state index in [1.165, 1.54) is 33.8 Å². The molecule has 0 fully saturated rings.